The van der Waals surface area contributed by atoms with Gasteiger partial charge in [0, 0.05) is 31.0 Å². The maximum atomic E-state index is 7.55. The van der Waals surface area contributed by atoms with Crippen molar-refractivity contribution >= 4 is 29.2 Å². The first-order chi connectivity index (χ1) is 23.2. The van der Waals surface area contributed by atoms with Crippen molar-refractivity contribution in [3.8, 4) is 5.75 Å². The Labute approximate surface area is 306 Å². The molecular formula is C40H65BO7Si2. The van der Waals surface area contributed by atoms with E-state index < -0.39 is 29.4 Å². The van der Waals surface area contributed by atoms with Gasteiger partial charge in [-0.3, -0.25) is 0 Å². The first kappa shape index (κ1) is 41.0. The van der Waals surface area contributed by atoms with Crippen LogP contribution in [0.4, 0.5) is 0 Å². The van der Waals surface area contributed by atoms with Crippen LogP contribution < -0.4 is 10.2 Å². The van der Waals surface area contributed by atoms with Crippen LogP contribution in [-0.2, 0) is 34.2 Å². The van der Waals surface area contributed by atoms with Crippen molar-refractivity contribution in [2.24, 2.45) is 17.8 Å². The first-order valence-electron chi connectivity index (χ1n) is 18.4. The fourth-order valence-corrected chi connectivity index (χ4v) is 8.74. The average molecular weight is 725 g/mol. The van der Waals surface area contributed by atoms with Crippen molar-refractivity contribution in [1.29, 1.82) is 0 Å². The van der Waals surface area contributed by atoms with Crippen LogP contribution in [0.15, 0.2) is 67.3 Å². The van der Waals surface area contributed by atoms with Gasteiger partial charge < -0.3 is 32.4 Å². The Kier molecular flexibility index (Phi) is 13.2. The van der Waals surface area contributed by atoms with E-state index in [1.54, 1.807) is 7.11 Å². The van der Waals surface area contributed by atoms with Gasteiger partial charge in [0.05, 0.1) is 38.6 Å². The largest absolute Gasteiger partial charge is 0.497 e. The Morgan fingerprint density at radius 1 is 0.940 bits per heavy atom. The second-order valence-corrected chi connectivity index (χ2v) is 27.2. The van der Waals surface area contributed by atoms with Crippen molar-refractivity contribution in [2.45, 2.75) is 122 Å². The van der Waals surface area contributed by atoms with E-state index in [9.17, 15) is 0 Å². The molecule has 50 heavy (non-hydrogen) atoms. The number of ether oxygens (including phenoxy) is 3. The van der Waals surface area contributed by atoms with Crippen LogP contribution in [0.2, 0.25) is 36.3 Å². The Bertz CT molecular complexity index is 1370. The molecule has 0 spiro atoms. The van der Waals surface area contributed by atoms with E-state index in [4.69, 9.17) is 32.4 Å². The summed E-state index contributed by atoms with van der Waals surface area (Å²) in [5, 5.41) is 0.0391. The topological polar surface area (TPSA) is 67.9 Å². The molecule has 0 bridgehead atoms. The maximum absolute atomic E-state index is 7.55. The van der Waals surface area contributed by atoms with E-state index in [2.05, 4.69) is 100 Å². The van der Waals surface area contributed by atoms with Crippen molar-refractivity contribution in [3.63, 3.8) is 0 Å². The molecule has 0 saturated carbocycles. The van der Waals surface area contributed by atoms with Gasteiger partial charge in [0.25, 0.3) is 0 Å². The third-order valence-electron chi connectivity index (χ3n) is 11.8. The fraction of sp³-hybridized carbons (Fsp3) is 0.650. The van der Waals surface area contributed by atoms with E-state index in [-0.39, 0.29) is 46.1 Å². The molecule has 0 radical (unpaired) electrons. The molecule has 0 aromatic heterocycles. The van der Waals surface area contributed by atoms with E-state index in [0.717, 1.165) is 16.8 Å². The third-order valence-corrected chi connectivity index (χ3v) is 20.7. The van der Waals surface area contributed by atoms with Gasteiger partial charge >= 0.3 is 7.12 Å². The van der Waals surface area contributed by atoms with E-state index >= 15 is 0 Å². The van der Waals surface area contributed by atoms with Crippen molar-refractivity contribution in [3.05, 3.63) is 72.8 Å². The summed E-state index contributed by atoms with van der Waals surface area (Å²) in [7, 11) is -3.26. The number of hydrogen-bond donors (Lipinski definition) is 0. The highest BCUT2D eigenvalue weighted by molar-refractivity contribution is 6.74. The SMILES string of the molecule is C=C[C@H]1COB(c2ccccc2)O[C@H]1[C@H](CO[Si](C)(C)C(C)(C)C)[C@H](O[Si](C)(C)C(C)(C)C)[C@@]1(C)O[C@@H]1[C@@H](C)COCc1ccc(OC)cc1. The highest BCUT2D eigenvalue weighted by atomic mass is 28.4. The van der Waals surface area contributed by atoms with Crippen molar-refractivity contribution < 1.29 is 32.4 Å². The van der Waals surface area contributed by atoms with Crippen molar-refractivity contribution in [2.75, 3.05) is 26.9 Å². The van der Waals surface area contributed by atoms with Crippen molar-refractivity contribution in [1.82, 2.24) is 0 Å². The fourth-order valence-electron chi connectivity index (χ4n) is 6.30. The summed E-state index contributed by atoms with van der Waals surface area (Å²) in [5.74, 6) is 0.804. The summed E-state index contributed by atoms with van der Waals surface area (Å²) in [6, 6.07) is 18.2. The lowest BCUT2D eigenvalue weighted by atomic mass is 9.73. The van der Waals surface area contributed by atoms with Crippen LogP contribution in [0.1, 0.15) is 61.0 Å². The molecule has 0 N–H and O–H groups in total. The Balaban J connectivity index is 1.68. The van der Waals surface area contributed by atoms with Gasteiger partial charge in [0.2, 0.25) is 0 Å². The zero-order valence-corrected chi connectivity index (χ0v) is 35.2. The molecule has 2 aliphatic heterocycles. The lowest BCUT2D eigenvalue weighted by Gasteiger charge is -2.48. The van der Waals surface area contributed by atoms with E-state index in [1.807, 2.05) is 48.5 Å². The van der Waals surface area contributed by atoms with Crippen LogP contribution in [0.3, 0.4) is 0 Å². The van der Waals surface area contributed by atoms with Crippen LogP contribution in [0.5, 0.6) is 5.75 Å². The second kappa shape index (κ2) is 16.1. The zero-order valence-electron chi connectivity index (χ0n) is 33.2. The Morgan fingerprint density at radius 2 is 1.56 bits per heavy atom. The molecule has 2 fully saturated rings. The summed E-state index contributed by atoms with van der Waals surface area (Å²) in [4.78, 5) is 0. The summed E-state index contributed by atoms with van der Waals surface area (Å²) >= 11 is 0. The number of benzene rings is 2. The third kappa shape index (κ3) is 9.61. The molecule has 278 valence electrons. The molecule has 10 heteroatoms. The molecule has 2 aliphatic rings. The highest BCUT2D eigenvalue weighted by Crippen LogP contribution is 2.52. The lowest BCUT2D eigenvalue weighted by Crippen LogP contribution is -2.60. The van der Waals surface area contributed by atoms with Gasteiger partial charge in [-0.25, -0.2) is 0 Å². The minimum absolute atomic E-state index is 0.00906. The monoisotopic (exact) mass is 724 g/mol. The maximum Gasteiger partial charge on any atom is 0.494 e. The van der Waals surface area contributed by atoms with Crippen LogP contribution in [-0.4, -0.2) is 74.6 Å². The Morgan fingerprint density at radius 3 is 2.12 bits per heavy atom. The Hall–Kier alpha value is -1.76. The normalized spacial score (nSPS) is 25.1. The average Bonchev–Trinajstić information content (AvgIpc) is 3.76. The molecule has 7 nitrogen and oxygen atoms in total. The highest BCUT2D eigenvalue weighted by Gasteiger charge is 2.65. The van der Waals surface area contributed by atoms with Crippen LogP contribution in [0, 0.1) is 17.8 Å². The summed E-state index contributed by atoms with van der Waals surface area (Å²) in [5.41, 5.74) is 1.55. The number of epoxide rings is 1. The van der Waals surface area contributed by atoms with Crippen LogP contribution >= 0.6 is 0 Å². The quantitative estimate of drug-likeness (QED) is 0.0976. The van der Waals surface area contributed by atoms with Gasteiger partial charge in [-0.15, -0.1) is 6.58 Å². The van der Waals surface area contributed by atoms with Gasteiger partial charge in [0.1, 0.15) is 11.4 Å². The molecule has 4 rings (SSSR count). The molecule has 0 aliphatic carbocycles. The molecule has 0 amide bonds. The number of rotatable bonds is 16. The van der Waals surface area contributed by atoms with Crippen LogP contribution in [0.25, 0.3) is 0 Å². The minimum Gasteiger partial charge on any atom is -0.497 e. The number of hydrogen-bond acceptors (Lipinski definition) is 7. The molecule has 2 aromatic rings. The van der Waals surface area contributed by atoms with Gasteiger partial charge in [-0.1, -0.05) is 97.0 Å². The molecule has 2 saturated heterocycles. The predicted molar refractivity (Wildman–Crippen MR) is 210 cm³/mol. The lowest BCUT2D eigenvalue weighted by molar-refractivity contribution is -0.0728. The number of methoxy groups -OCH3 is 1. The second-order valence-electron chi connectivity index (χ2n) is 17.7. The van der Waals surface area contributed by atoms with E-state index in [0.29, 0.717) is 26.4 Å². The van der Waals surface area contributed by atoms with Gasteiger partial charge in [0.15, 0.2) is 16.6 Å². The first-order valence-corrected chi connectivity index (χ1v) is 24.2. The summed E-state index contributed by atoms with van der Waals surface area (Å²) in [6.45, 7) is 33.8. The standard InChI is InChI=1S/C40H65BO7Si2/c1-15-31-27-44-41(32-19-17-16-18-20-32)47-35(31)34(28-45-49(11,12)38(3,4)5)37(48-50(13,14)39(6,7)8)40(9)36(46-40)29(2)25-43-26-30-21-23-33(42-10)24-22-30/h15-24,29,31,34-37H,1,25-28H2,2-14H3/t29-,31-,34-,35+,36+,37-,40-/m0/s1. The molecular weight excluding hydrogens is 659 g/mol. The molecule has 2 heterocycles. The molecule has 7 atom stereocenters. The summed E-state index contributed by atoms with van der Waals surface area (Å²) in [6.07, 6.45) is 1.39. The smallest absolute Gasteiger partial charge is 0.494 e. The molecule has 0 unspecified atom stereocenters. The molecule has 2 aromatic carbocycles. The van der Waals surface area contributed by atoms with Gasteiger partial charge in [-0.2, -0.15) is 0 Å². The zero-order chi connectivity index (χ0) is 37.1. The van der Waals surface area contributed by atoms with Gasteiger partial charge in [-0.05, 0) is 66.3 Å². The minimum atomic E-state index is -2.31. The predicted octanol–water partition coefficient (Wildman–Crippen LogP) is 8.65. The summed E-state index contributed by atoms with van der Waals surface area (Å²) < 4.78 is 46.4. The van der Waals surface area contributed by atoms with E-state index in [1.165, 1.54) is 0 Å².